The van der Waals surface area contributed by atoms with Gasteiger partial charge in [-0.15, -0.1) is 0 Å². The van der Waals surface area contributed by atoms with Crippen LogP contribution in [-0.4, -0.2) is 17.0 Å². The van der Waals surface area contributed by atoms with Crippen molar-refractivity contribution in [2.75, 3.05) is 7.05 Å². The number of hydrogen-bond donors (Lipinski definition) is 1. The van der Waals surface area contributed by atoms with E-state index in [-0.39, 0.29) is 0 Å². The van der Waals surface area contributed by atoms with Crippen molar-refractivity contribution in [3.05, 3.63) is 36.3 Å². The van der Waals surface area contributed by atoms with Crippen LogP contribution in [-0.2, 0) is 0 Å². The van der Waals surface area contributed by atoms with Crippen LogP contribution in [0.2, 0.25) is 0 Å². The zero-order valence-corrected chi connectivity index (χ0v) is 9.77. The molecule has 0 aromatic carbocycles. The van der Waals surface area contributed by atoms with Crippen molar-refractivity contribution in [2.24, 2.45) is 0 Å². The number of hydrogen-bond acceptors (Lipinski definition) is 3. The summed E-state index contributed by atoms with van der Waals surface area (Å²) in [5.41, 5.74) is 2.25. The molecule has 0 aliphatic rings. The molecule has 0 fully saturated rings. The highest BCUT2D eigenvalue weighted by Gasteiger charge is 2.08. The van der Waals surface area contributed by atoms with Crippen molar-refractivity contribution in [3.63, 3.8) is 0 Å². The average Bonchev–Trinajstić information content (AvgIpc) is 2.35. The number of fused-ring (bicyclic) bond motifs is 1. The van der Waals surface area contributed by atoms with Crippen LogP contribution >= 0.6 is 0 Å². The summed E-state index contributed by atoms with van der Waals surface area (Å²) in [7, 11) is 1.99. The van der Waals surface area contributed by atoms with E-state index < -0.39 is 0 Å². The largest absolute Gasteiger partial charge is 0.313 e. The third-order valence-electron chi connectivity index (χ3n) is 2.83. The molecule has 2 heterocycles. The first-order valence-electron chi connectivity index (χ1n) is 5.72. The van der Waals surface area contributed by atoms with Crippen LogP contribution in [0, 0.1) is 0 Å². The molecule has 3 heteroatoms. The van der Waals surface area contributed by atoms with E-state index in [0.29, 0.717) is 6.04 Å². The number of nitrogens with one attached hydrogen (secondary N) is 1. The van der Waals surface area contributed by atoms with E-state index in [2.05, 4.69) is 28.3 Å². The van der Waals surface area contributed by atoms with Crippen LogP contribution in [0.1, 0.15) is 31.4 Å². The van der Waals surface area contributed by atoms with Crippen molar-refractivity contribution >= 4 is 10.9 Å². The third kappa shape index (κ3) is 2.19. The van der Waals surface area contributed by atoms with Gasteiger partial charge in [0.2, 0.25) is 0 Å². The van der Waals surface area contributed by atoms with Crippen molar-refractivity contribution in [1.82, 2.24) is 15.3 Å². The van der Waals surface area contributed by atoms with Crippen molar-refractivity contribution in [3.8, 4) is 0 Å². The topological polar surface area (TPSA) is 37.8 Å². The monoisotopic (exact) mass is 215 g/mol. The zero-order valence-electron chi connectivity index (χ0n) is 9.77. The highest BCUT2D eigenvalue weighted by Crippen LogP contribution is 2.20. The van der Waals surface area contributed by atoms with E-state index in [1.807, 2.05) is 25.5 Å². The Kier molecular flexibility index (Phi) is 3.47. The SMILES string of the molecule is CCC[C@H](NC)c1cnc2ccncc2c1. The Balaban J connectivity index is 2.37. The van der Waals surface area contributed by atoms with Crippen LogP contribution in [0.5, 0.6) is 0 Å². The molecule has 2 aromatic rings. The third-order valence-corrected chi connectivity index (χ3v) is 2.83. The lowest BCUT2D eigenvalue weighted by molar-refractivity contribution is 0.541. The average molecular weight is 215 g/mol. The second kappa shape index (κ2) is 5.03. The van der Waals surface area contributed by atoms with E-state index in [9.17, 15) is 0 Å². The predicted octanol–water partition coefficient (Wildman–Crippen LogP) is 2.69. The molecule has 1 N–H and O–H groups in total. The Morgan fingerprint density at radius 1 is 1.38 bits per heavy atom. The van der Waals surface area contributed by atoms with E-state index in [1.165, 1.54) is 5.56 Å². The first-order chi connectivity index (χ1) is 7.85. The van der Waals surface area contributed by atoms with Crippen LogP contribution in [0.4, 0.5) is 0 Å². The summed E-state index contributed by atoms with van der Waals surface area (Å²) in [5, 5.41) is 4.43. The Morgan fingerprint density at radius 2 is 2.25 bits per heavy atom. The minimum absolute atomic E-state index is 0.391. The highest BCUT2D eigenvalue weighted by molar-refractivity contribution is 5.77. The van der Waals surface area contributed by atoms with Gasteiger partial charge in [0.1, 0.15) is 0 Å². The smallest absolute Gasteiger partial charge is 0.0732 e. The summed E-state index contributed by atoms with van der Waals surface area (Å²) in [6.45, 7) is 2.19. The molecule has 0 aliphatic heterocycles. The lowest BCUT2D eigenvalue weighted by Gasteiger charge is -2.15. The van der Waals surface area contributed by atoms with Gasteiger partial charge < -0.3 is 5.32 Å². The first-order valence-corrected chi connectivity index (χ1v) is 5.72. The van der Waals surface area contributed by atoms with Gasteiger partial charge in [-0.25, -0.2) is 0 Å². The number of aromatic nitrogens is 2. The van der Waals surface area contributed by atoms with Crippen LogP contribution < -0.4 is 5.32 Å². The van der Waals surface area contributed by atoms with Gasteiger partial charge >= 0.3 is 0 Å². The fourth-order valence-electron chi connectivity index (χ4n) is 1.95. The molecule has 3 nitrogen and oxygen atoms in total. The molecule has 0 spiro atoms. The van der Waals surface area contributed by atoms with E-state index >= 15 is 0 Å². The zero-order chi connectivity index (χ0) is 11.4. The molecular formula is C13H17N3. The van der Waals surface area contributed by atoms with Crippen LogP contribution in [0.15, 0.2) is 30.7 Å². The minimum Gasteiger partial charge on any atom is -0.313 e. The standard InChI is InChI=1S/C13H17N3/c1-3-4-12(14-2)11-7-10-8-15-6-5-13(10)16-9-11/h5-9,12,14H,3-4H2,1-2H3/t12-/m0/s1. The first kappa shape index (κ1) is 11.0. The van der Waals surface area contributed by atoms with Crippen molar-refractivity contribution < 1.29 is 0 Å². The normalized spacial score (nSPS) is 12.9. The maximum absolute atomic E-state index is 4.45. The summed E-state index contributed by atoms with van der Waals surface area (Å²) < 4.78 is 0. The predicted molar refractivity (Wildman–Crippen MR) is 66.2 cm³/mol. The quantitative estimate of drug-likeness (QED) is 0.852. The van der Waals surface area contributed by atoms with Gasteiger partial charge in [0.05, 0.1) is 5.52 Å². The summed E-state index contributed by atoms with van der Waals surface area (Å²) in [4.78, 5) is 8.58. The van der Waals surface area contributed by atoms with Gasteiger partial charge in [-0.2, -0.15) is 0 Å². The Labute approximate surface area is 95.9 Å². The number of nitrogens with zero attached hydrogens (tertiary/aromatic N) is 2. The van der Waals surface area contributed by atoms with Gasteiger partial charge in [-0.1, -0.05) is 13.3 Å². The molecule has 16 heavy (non-hydrogen) atoms. The lowest BCUT2D eigenvalue weighted by Crippen LogP contribution is -2.16. The van der Waals surface area contributed by atoms with Gasteiger partial charge in [0.15, 0.2) is 0 Å². The van der Waals surface area contributed by atoms with Crippen molar-refractivity contribution in [1.29, 1.82) is 0 Å². The molecule has 0 saturated heterocycles. The Hall–Kier alpha value is -1.48. The molecular weight excluding hydrogens is 198 g/mol. The molecule has 0 bridgehead atoms. The van der Waals surface area contributed by atoms with Crippen LogP contribution in [0.25, 0.3) is 10.9 Å². The van der Waals surface area contributed by atoms with Gasteiger partial charge in [0.25, 0.3) is 0 Å². The lowest BCUT2D eigenvalue weighted by atomic mass is 10.0. The summed E-state index contributed by atoms with van der Waals surface area (Å²) in [6.07, 6.45) is 7.89. The maximum Gasteiger partial charge on any atom is 0.0732 e. The molecule has 1 atom stereocenters. The van der Waals surface area contributed by atoms with Gasteiger partial charge in [0, 0.05) is 30.0 Å². The number of pyridine rings is 2. The summed E-state index contributed by atoms with van der Waals surface area (Å²) >= 11 is 0. The minimum atomic E-state index is 0.391. The fraction of sp³-hybridized carbons (Fsp3) is 0.385. The van der Waals surface area contributed by atoms with E-state index in [0.717, 1.165) is 23.7 Å². The Bertz CT molecular complexity index is 467. The number of rotatable bonds is 4. The van der Waals surface area contributed by atoms with E-state index in [4.69, 9.17) is 0 Å². The molecule has 2 aromatic heterocycles. The Morgan fingerprint density at radius 3 is 3.00 bits per heavy atom. The molecule has 0 radical (unpaired) electrons. The van der Waals surface area contributed by atoms with Crippen molar-refractivity contribution in [2.45, 2.75) is 25.8 Å². The molecule has 0 aliphatic carbocycles. The molecule has 0 unspecified atom stereocenters. The van der Waals surface area contributed by atoms with Gasteiger partial charge in [-0.3, -0.25) is 9.97 Å². The van der Waals surface area contributed by atoms with Gasteiger partial charge in [-0.05, 0) is 31.2 Å². The van der Waals surface area contributed by atoms with E-state index in [1.54, 1.807) is 6.20 Å². The highest BCUT2D eigenvalue weighted by atomic mass is 14.9. The molecule has 84 valence electrons. The summed E-state index contributed by atoms with van der Waals surface area (Å²) in [5.74, 6) is 0. The second-order valence-electron chi connectivity index (χ2n) is 3.97. The summed E-state index contributed by atoms with van der Waals surface area (Å²) in [6, 6.07) is 4.50. The van der Waals surface area contributed by atoms with Crippen LogP contribution in [0.3, 0.4) is 0 Å². The maximum atomic E-state index is 4.45. The fourth-order valence-corrected chi connectivity index (χ4v) is 1.95. The molecule has 2 rings (SSSR count). The molecule has 0 amide bonds. The molecule has 0 saturated carbocycles. The second-order valence-corrected chi connectivity index (χ2v) is 3.97.